The average molecular weight is 355 g/mol. The van der Waals surface area contributed by atoms with Gasteiger partial charge in [0.1, 0.15) is 5.69 Å². The third-order valence-electron chi connectivity index (χ3n) is 3.81. The molecule has 7 heteroatoms. The molecule has 2 aromatic heterocycles. The summed E-state index contributed by atoms with van der Waals surface area (Å²) >= 11 is 1.46. The van der Waals surface area contributed by atoms with Gasteiger partial charge >= 0.3 is 0 Å². The van der Waals surface area contributed by atoms with Crippen LogP contribution in [0, 0.1) is 13.8 Å². The molecule has 1 aromatic carbocycles. The molecule has 0 saturated heterocycles. The summed E-state index contributed by atoms with van der Waals surface area (Å²) < 4.78 is 1.90. The highest BCUT2D eigenvalue weighted by atomic mass is 32.1. The van der Waals surface area contributed by atoms with E-state index in [2.05, 4.69) is 15.4 Å². The lowest BCUT2D eigenvalue weighted by Crippen LogP contribution is -2.24. The summed E-state index contributed by atoms with van der Waals surface area (Å²) in [6.45, 7) is 4.93. The van der Waals surface area contributed by atoms with Crippen LogP contribution < -0.4 is 11.1 Å². The van der Waals surface area contributed by atoms with Gasteiger partial charge in [-0.2, -0.15) is 5.10 Å². The first-order valence-electron chi connectivity index (χ1n) is 8.12. The van der Waals surface area contributed by atoms with Crippen LogP contribution in [0.4, 0.5) is 0 Å². The van der Waals surface area contributed by atoms with Gasteiger partial charge in [-0.05, 0) is 38.1 Å². The monoisotopic (exact) mass is 355 g/mol. The molecule has 2 heterocycles. The number of nitrogens with one attached hydrogen (secondary N) is 1. The van der Waals surface area contributed by atoms with Crippen molar-refractivity contribution in [2.24, 2.45) is 5.73 Å². The summed E-state index contributed by atoms with van der Waals surface area (Å²) in [5.41, 5.74) is 9.96. The van der Waals surface area contributed by atoms with Crippen molar-refractivity contribution in [1.82, 2.24) is 20.1 Å². The molecular weight excluding hydrogens is 334 g/mol. The minimum absolute atomic E-state index is 0.178. The lowest BCUT2D eigenvalue weighted by atomic mass is 10.1. The van der Waals surface area contributed by atoms with E-state index in [1.807, 2.05) is 48.9 Å². The number of hydrogen-bond donors (Lipinski definition) is 2. The van der Waals surface area contributed by atoms with Gasteiger partial charge in [0, 0.05) is 24.0 Å². The van der Waals surface area contributed by atoms with Gasteiger partial charge < -0.3 is 11.1 Å². The van der Waals surface area contributed by atoms with E-state index >= 15 is 0 Å². The first-order valence-corrected chi connectivity index (χ1v) is 9.00. The summed E-state index contributed by atoms with van der Waals surface area (Å²) in [5.74, 6) is -0.178. The molecule has 0 aliphatic heterocycles. The molecule has 3 rings (SSSR count). The maximum atomic E-state index is 12.3. The highest BCUT2D eigenvalue weighted by molar-refractivity contribution is 7.09. The number of rotatable bonds is 6. The maximum Gasteiger partial charge on any atom is 0.271 e. The molecule has 0 aliphatic carbocycles. The molecule has 0 bridgehead atoms. The number of para-hydroxylation sites is 1. The van der Waals surface area contributed by atoms with Crippen LogP contribution in [0.1, 0.15) is 32.4 Å². The minimum Gasteiger partial charge on any atom is -0.347 e. The Balaban J connectivity index is 1.75. The smallest absolute Gasteiger partial charge is 0.271 e. The number of carbonyl (C=O) groups is 1. The fourth-order valence-corrected chi connectivity index (χ4v) is 3.45. The Labute approximate surface area is 150 Å². The van der Waals surface area contributed by atoms with Crippen molar-refractivity contribution in [3.8, 4) is 5.69 Å². The number of aromatic nitrogens is 3. The summed E-state index contributed by atoms with van der Waals surface area (Å²) in [6.07, 6.45) is 0.693. The average Bonchev–Trinajstić information content (AvgIpc) is 3.19. The predicted octanol–water partition coefficient (Wildman–Crippen LogP) is 2.38. The van der Waals surface area contributed by atoms with Crippen molar-refractivity contribution < 1.29 is 4.79 Å². The van der Waals surface area contributed by atoms with Crippen molar-refractivity contribution in [3.05, 3.63) is 63.4 Å². The van der Waals surface area contributed by atoms with Gasteiger partial charge in [-0.15, -0.1) is 11.3 Å². The standard InChI is InChI=1S/C18H21N5OS/c1-12-9-13(2)23(22-12)16-6-4-3-5-14(16)10-20-18(24)15-11-25-17(21-15)7-8-19/h3-6,9,11H,7-8,10,19H2,1-2H3,(H,20,24). The molecule has 3 N–H and O–H groups in total. The zero-order valence-corrected chi connectivity index (χ0v) is 15.1. The molecule has 0 aliphatic rings. The molecule has 0 atom stereocenters. The Hall–Kier alpha value is -2.51. The summed E-state index contributed by atoms with van der Waals surface area (Å²) in [4.78, 5) is 16.7. The Bertz CT molecular complexity index is 883. The van der Waals surface area contributed by atoms with E-state index in [-0.39, 0.29) is 5.91 Å². The van der Waals surface area contributed by atoms with Gasteiger partial charge in [0.2, 0.25) is 0 Å². The van der Waals surface area contributed by atoms with Crippen molar-refractivity contribution in [2.75, 3.05) is 6.54 Å². The fraction of sp³-hybridized carbons (Fsp3) is 0.278. The lowest BCUT2D eigenvalue weighted by molar-refractivity contribution is 0.0946. The Kier molecular flexibility index (Phi) is 5.25. The van der Waals surface area contributed by atoms with E-state index in [0.717, 1.165) is 27.6 Å². The number of carbonyl (C=O) groups excluding carboxylic acids is 1. The zero-order chi connectivity index (χ0) is 17.8. The van der Waals surface area contributed by atoms with Crippen LogP contribution in [0.3, 0.4) is 0 Å². The summed E-state index contributed by atoms with van der Waals surface area (Å²) in [5, 5.41) is 10.1. The third kappa shape index (κ3) is 3.94. The number of aryl methyl sites for hydroxylation is 2. The Morgan fingerprint density at radius 2 is 2.12 bits per heavy atom. The van der Waals surface area contributed by atoms with Gasteiger partial charge in [0.15, 0.2) is 0 Å². The largest absolute Gasteiger partial charge is 0.347 e. The van der Waals surface area contributed by atoms with E-state index < -0.39 is 0 Å². The number of nitrogens with zero attached hydrogens (tertiary/aromatic N) is 3. The Morgan fingerprint density at radius 1 is 1.32 bits per heavy atom. The summed E-state index contributed by atoms with van der Waals surface area (Å²) in [7, 11) is 0. The number of nitrogens with two attached hydrogens (primary N) is 1. The first-order chi connectivity index (χ1) is 12.1. The SMILES string of the molecule is Cc1cc(C)n(-c2ccccc2CNC(=O)c2csc(CCN)n2)n1. The van der Waals surface area contributed by atoms with Gasteiger partial charge in [0.05, 0.1) is 16.4 Å². The maximum absolute atomic E-state index is 12.3. The zero-order valence-electron chi connectivity index (χ0n) is 14.3. The Morgan fingerprint density at radius 3 is 2.84 bits per heavy atom. The van der Waals surface area contributed by atoms with Gasteiger partial charge in [-0.25, -0.2) is 9.67 Å². The fourth-order valence-electron chi connectivity index (χ4n) is 2.66. The minimum atomic E-state index is -0.178. The van der Waals surface area contributed by atoms with E-state index in [0.29, 0.717) is 25.2 Å². The van der Waals surface area contributed by atoms with Gasteiger partial charge in [-0.1, -0.05) is 18.2 Å². The molecule has 25 heavy (non-hydrogen) atoms. The van der Waals surface area contributed by atoms with Crippen LogP contribution >= 0.6 is 11.3 Å². The quantitative estimate of drug-likeness (QED) is 0.711. The molecule has 130 valence electrons. The van der Waals surface area contributed by atoms with Crippen LogP contribution in [0.2, 0.25) is 0 Å². The molecule has 0 unspecified atom stereocenters. The van der Waals surface area contributed by atoms with Crippen LogP contribution in [0.5, 0.6) is 0 Å². The second-order valence-corrected chi connectivity index (χ2v) is 6.76. The first kappa shape index (κ1) is 17.3. The van der Waals surface area contributed by atoms with E-state index in [4.69, 9.17) is 5.73 Å². The number of amides is 1. The number of hydrogen-bond acceptors (Lipinski definition) is 5. The van der Waals surface area contributed by atoms with Crippen molar-refractivity contribution in [3.63, 3.8) is 0 Å². The normalized spacial score (nSPS) is 10.8. The van der Waals surface area contributed by atoms with Crippen LogP contribution in [-0.2, 0) is 13.0 Å². The highest BCUT2D eigenvalue weighted by Crippen LogP contribution is 2.17. The van der Waals surface area contributed by atoms with E-state index in [1.54, 1.807) is 5.38 Å². The molecule has 1 amide bonds. The van der Waals surface area contributed by atoms with Crippen LogP contribution in [-0.4, -0.2) is 27.2 Å². The second kappa shape index (κ2) is 7.58. The highest BCUT2D eigenvalue weighted by Gasteiger charge is 2.13. The lowest BCUT2D eigenvalue weighted by Gasteiger charge is -2.11. The molecule has 0 radical (unpaired) electrons. The molecule has 0 spiro atoms. The third-order valence-corrected chi connectivity index (χ3v) is 4.72. The van der Waals surface area contributed by atoms with E-state index in [9.17, 15) is 4.79 Å². The van der Waals surface area contributed by atoms with Crippen molar-refractivity contribution >= 4 is 17.2 Å². The van der Waals surface area contributed by atoms with Crippen molar-refractivity contribution in [1.29, 1.82) is 0 Å². The van der Waals surface area contributed by atoms with Gasteiger partial charge in [-0.3, -0.25) is 4.79 Å². The molecule has 0 fully saturated rings. The summed E-state index contributed by atoms with van der Waals surface area (Å²) in [6, 6.07) is 9.95. The van der Waals surface area contributed by atoms with E-state index in [1.165, 1.54) is 11.3 Å². The second-order valence-electron chi connectivity index (χ2n) is 5.82. The van der Waals surface area contributed by atoms with Crippen molar-refractivity contribution in [2.45, 2.75) is 26.8 Å². The molecule has 3 aromatic rings. The number of benzene rings is 1. The number of thiazole rings is 1. The van der Waals surface area contributed by atoms with Gasteiger partial charge in [0.25, 0.3) is 5.91 Å². The molecule has 6 nitrogen and oxygen atoms in total. The topological polar surface area (TPSA) is 85.8 Å². The predicted molar refractivity (Wildman–Crippen MR) is 99.1 cm³/mol. The molecule has 0 saturated carbocycles. The van der Waals surface area contributed by atoms with Crippen LogP contribution in [0.25, 0.3) is 5.69 Å². The molecular formula is C18H21N5OS. The van der Waals surface area contributed by atoms with Crippen LogP contribution in [0.15, 0.2) is 35.7 Å².